The number of hydrogen-bond donors (Lipinski definition) is 1. The predicted molar refractivity (Wildman–Crippen MR) is 79.0 cm³/mol. The quantitative estimate of drug-likeness (QED) is 0.775. The maximum absolute atomic E-state index is 11.5. The van der Waals surface area contributed by atoms with Crippen LogP contribution < -0.4 is 5.32 Å². The number of piperidine rings is 1. The molecule has 1 atom stereocenters. The zero-order chi connectivity index (χ0) is 14.6. The Labute approximate surface area is 121 Å². The molecule has 0 spiro atoms. The highest BCUT2D eigenvalue weighted by Crippen LogP contribution is 2.17. The normalized spacial score (nSPS) is 21.2. The minimum atomic E-state index is -3.04. The lowest BCUT2D eigenvalue weighted by molar-refractivity contribution is 0.260. The Kier molecular flexibility index (Phi) is 5.17. The SMILES string of the molecule is Cc1cnn(CCNCC2CCCN(S(C)(=O)=O)C2)c1. The van der Waals surface area contributed by atoms with Gasteiger partial charge in [-0.2, -0.15) is 5.10 Å². The van der Waals surface area contributed by atoms with Crippen molar-refractivity contribution < 1.29 is 8.42 Å². The van der Waals surface area contributed by atoms with Crippen molar-refractivity contribution >= 4 is 10.0 Å². The van der Waals surface area contributed by atoms with Crippen molar-refractivity contribution in [1.29, 1.82) is 0 Å². The Morgan fingerprint density at radius 2 is 2.30 bits per heavy atom. The largest absolute Gasteiger partial charge is 0.315 e. The predicted octanol–water partition coefficient (Wildman–Crippen LogP) is 0.453. The standard InChI is InChI=1S/C13H24N4O2S/c1-12-8-15-16(10-12)7-5-14-9-13-4-3-6-17(11-13)20(2,18)19/h8,10,13-14H,3-7,9,11H2,1-2H3. The zero-order valence-electron chi connectivity index (χ0n) is 12.2. The number of rotatable bonds is 6. The van der Waals surface area contributed by atoms with Crippen molar-refractivity contribution in [1.82, 2.24) is 19.4 Å². The molecule has 1 fully saturated rings. The van der Waals surface area contributed by atoms with Crippen LogP contribution in [0.25, 0.3) is 0 Å². The second-order valence-electron chi connectivity index (χ2n) is 5.61. The maximum Gasteiger partial charge on any atom is 0.211 e. The summed E-state index contributed by atoms with van der Waals surface area (Å²) in [6.07, 6.45) is 7.22. The van der Waals surface area contributed by atoms with E-state index in [1.54, 1.807) is 4.31 Å². The molecule has 114 valence electrons. The Hall–Kier alpha value is -0.920. The molecule has 0 aliphatic carbocycles. The molecule has 1 unspecified atom stereocenters. The van der Waals surface area contributed by atoms with Crippen molar-refractivity contribution in [3.05, 3.63) is 18.0 Å². The molecule has 2 heterocycles. The summed E-state index contributed by atoms with van der Waals surface area (Å²) in [6.45, 7) is 5.91. The molecule has 0 saturated carbocycles. The van der Waals surface area contributed by atoms with E-state index in [0.29, 0.717) is 19.0 Å². The van der Waals surface area contributed by atoms with Crippen LogP contribution in [0.3, 0.4) is 0 Å². The van der Waals surface area contributed by atoms with Gasteiger partial charge in [-0.15, -0.1) is 0 Å². The van der Waals surface area contributed by atoms with Crippen LogP contribution in [0.5, 0.6) is 0 Å². The number of nitrogens with one attached hydrogen (secondary N) is 1. The molecule has 0 amide bonds. The first-order valence-electron chi connectivity index (χ1n) is 7.10. The fourth-order valence-electron chi connectivity index (χ4n) is 2.58. The molecular formula is C13H24N4O2S. The Bertz CT molecular complexity index is 526. The first-order chi connectivity index (χ1) is 9.45. The molecule has 1 aliphatic rings. The summed E-state index contributed by atoms with van der Waals surface area (Å²) in [4.78, 5) is 0. The average molecular weight is 300 g/mol. The molecule has 0 aromatic carbocycles. The van der Waals surface area contributed by atoms with Gasteiger partial charge in [0, 0.05) is 25.8 Å². The van der Waals surface area contributed by atoms with E-state index in [2.05, 4.69) is 10.4 Å². The van der Waals surface area contributed by atoms with Crippen molar-refractivity contribution in [2.75, 3.05) is 32.4 Å². The molecule has 7 heteroatoms. The minimum Gasteiger partial charge on any atom is -0.315 e. The molecule has 1 aromatic heterocycles. The molecule has 1 aliphatic heterocycles. The van der Waals surface area contributed by atoms with E-state index in [1.807, 2.05) is 24.0 Å². The second-order valence-corrected chi connectivity index (χ2v) is 7.60. The Balaban J connectivity index is 1.69. The summed E-state index contributed by atoms with van der Waals surface area (Å²) in [7, 11) is -3.04. The van der Waals surface area contributed by atoms with Crippen molar-refractivity contribution in [2.24, 2.45) is 5.92 Å². The van der Waals surface area contributed by atoms with Crippen molar-refractivity contribution in [3.63, 3.8) is 0 Å². The summed E-state index contributed by atoms with van der Waals surface area (Å²) in [6, 6.07) is 0. The molecule has 1 N–H and O–H groups in total. The number of nitrogens with zero attached hydrogens (tertiary/aromatic N) is 3. The van der Waals surface area contributed by atoms with E-state index in [-0.39, 0.29) is 0 Å². The van der Waals surface area contributed by atoms with E-state index in [9.17, 15) is 8.42 Å². The maximum atomic E-state index is 11.5. The molecule has 2 rings (SSSR count). The van der Waals surface area contributed by atoms with Crippen LogP contribution in [0, 0.1) is 12.8 Å². The van der Waals surface area contributed by atoms with Gasteiger partial charge >= 0.3 is 0 Å². The van der Waals surface area contributed by atoms with Crippen LogP contribution in [0.15, 0.2) is 12.4 Å². The highest BCUT2D eigenvalue weighted by molar-refractivity contribution is 7.88. The summed E-state index contributed by atoms with van der Waals surface area (Å²) in [5.41, 5.74) is 1.17. The van der Waals surface area contributed by atoms with Gasteiger partial charge in [-0.25, -0.2) is 12.7 Å². The van der Waals surface area contributed by atoms with Crippen LogP contribution in [-0.2, 0) is 16.6 Å². The van der Waals surface area contributed by atoms with E-state index in [0.717, 1.165) is 32.5 Å². The minimum absolute atomic E-state index is 0.415. The lowest BCUT2D eigenvalue weighted by Gasteiger charge is -2.31. The highest BCUT2D eigenvalue weighted by Gasteiger charge is 2.25. The smallest absolute Gasteiger partial charge is 0.211 e. The Morgan fingerprint density at radius 1 is 1.50 bits per heavy atom. The average Bonchev–Trinajstić information content (AvgIpc) is 2.80. The zero-order valence-corrected chi connectivity index (χ0v) is 13.1. The second kappa shape index (κ2) is 6.69. The number of hydrogen-bond acceptors (Lipinski definition) is 4. The number of aromatic nitrogens is 2. The molecular weight excluding hydrogens is 276 g/mol. The van der Waals surface area contributed by atoms with E-state index in [4.69, 9.17) is 0 Å². The molecule has 0 radical (unpaired) electrons. The summed E-state index contributed by atoms with van der Waals surface area (Å²) in [5.74, 6) is 0.415. The van der Waals surface area contributed by atoms with Gasteiger partial charge in [0.05, 0.1) is 19.0 Å². The fraction of sp³-hybridized carbons (Fsp3) is 0.769. The summed E-state index contributed by atoms with van der Waals surface area (Å²) < 4.78 is 26.6. The Morgan fingerprint density at radius 3 is 2.95 bits per heavy atom. The van der Waals surface area contributed by atoms with Crippen LogP contribution >= 0.6 is 0 Å². The van der Waals surface area contributed by atoms with E-state index in [1.165, 1.54) is 11.8 Å². The first-order valence-corrected chi connectivity index (χ1v) is 8.95. The highest BCUT2D eigenvalue weighted by atomic mass is 32.2. The van der Waals surface area contributed by atoms with Gasteiger partial charge in [-0.1, -0.05) is 0 Å². The lowest BCUT2D eigenvalue weighted by atomic mass is 10.00. The molecule has 6 nitrogen and oxygen atoms in total. The van der Waals surface area contributed by atoms with Gasteiger partial charge in [0.15, 0.2) is 0 Å². The summed E-state index contributed by atoms with van der Waals surface area (Å²) in [5, 5.41) is 7.64. The van der Waals surface area contributed by atoms with Gasteiger partial charge in [-0.05, 0) is 37.8 Å². The van der Waals surface area contributed by atoms with Crippen LogP contribution in [0.2, 0.25) is 0 Å². The number of sulfonamides is 1. The third-order valence-corrected chi connectivity index (χ3v) is 4.93. The van der Waals surface area contributed by atoms with Gasteiger partial charge in [0.25, 0.3) is 0 Å². The van der Waals surface area contributed by atoms with Crippen LogP contribution in [-0.4, -0.2) is 54.9 Å². The van der Waals surface area contributed by atoms with Crippen molar-refractivity contribution in [2.45, 2.75) is 26.3 Å². The van der Waals surface area contributed by atoms with Crippen LogP contribution in [0.1, 0.15) is 18.4 Å². The third-order valence-electron chi connectivity index (χ3n) is 3.66. The van der Waals surface area contributed by atoms with Gasteiger partial charge < -0.3 is 5.32 Å². The molecule has 1 aromatic rings. The summed E-state index contributed by atoms with van der Waals surface area (Å²) >= 11 is 0. The number of aryl methyl sites for hydroxylation is 1. The van der Waals surface area contributed by atoms with Crippen LogP contribution in [0.4, 0.5) is 0 Å². The van der Waals surface area contributed by atoms with E-state index < -0.39 is 10.0 Å². The van der Waals surface area contributed by atoms with E-state index >= 15 is 0 Å². The molecule has 0 bridgehead atoms. The topological polar surface area (TPSA) is 67.2 Å². The monoisotopic (exact) mass is 300 g/mol. The lowest BCUT2D eigenvalue weighted by Crippen LogP contribution is -2.42. The molecule has 1 saturated heterocycles. The van der Waals surface area contributed by atoms with Crippen molar-refractivity contribution in [3.8, 4) is 0 Å². The first kappa shape index (κ1) is 15.5. The van der Waals surface area contributed by atoms with Gasteiger partial charge in [0.2, 0.25) is 10.0 Å². The van der Waals surface area contributed by atoms with Gasteiger partial charge in [0.1, 0.15) is 0 Å². The fourth-order valence-corrected chi connectivity index (χ4v) is 3.53. The molecule has 20 heavy (non-hydrogen) atoms. The van der Waals surface area contributed by atoms with Gasteiger partial charge in [-0.3, -0.25) is 4.68 Å². The third kappa shape index (κ3) is 4.57.